The number of hydrogen-bond donors (Lipinski definition) is 2. The van der Waals surface area contributed by atoms with Crippen LogP contribution in [0.15, 0.2) is 47.4 Å². The average Bonchev–Trinajstić information content (AvgIpc) is 2.59. The van der Waals surface area contributed by atoms with Gasteiger partial charge in [-0.15, -0.1) is 0 Å². The summed E-state index contributed by atoms with van der Waals surface area (Å²) in [5, 5.41) is 2.84. The molecule has 0 spiro atoms. The Hall–Kier alpha value is -2.09. The van der Waals surface area contributed by atoms with Gasteiger partial charge in [0, 0.05) is 12.2 Å². The molecule has 1 amide bonds. The van der Waals surface area contributed by atoms with E-state index in [2.05, 4.69) is 10.0 Å². The van der Waals surface area contributed by atoms with Gasteiger partial charge in [-0.1, -0.05) is 30.7 Å². The molecule has 8 heteroatoms. The Bertz CT molecular complexity index is 885. The van der Waals surface area contributed by atoms with Crippen LogP contribution in [0, 0.1) is 6.92 Å². The van der Waals surface area contributed by atoms with Gasteiger partial charge in [0.2, 0.25) is 10.0 Å². The van der Waals surface area contributed by atoms with Gasteiger partial charge in [0.1, 0.15) is 5.75 Å². The van der Waals surface area contributed by atoms with Crippen LogP contribution in [0.2, 0.25) is 5.02 Å². The molecule has 6 nitrogen and oxygen atoms in total. The summed E-state index contributed by atoms with van der Waals surface area (Å²) >= 11 is 6.08. The average molecular weight is 397 g/mol. The maximum absolute atomic E-state index is 12.1. The first-order valence-electron chi connectivity index (χ1n) is 8.10. The summed E-state index contributed by atoms with van der Waals surface area (Å²) in [5.74, 6) is -0.103. The number of benzene rings is 2. The van der Waals surface area contributed by atoms with Crippen molar-refractivity contribution in [1.82, 2.24) is 4.72 Å². The van der Waals surface area contributed by atoms with Crippen LogP contribution in [-0.4, -0.2) is 27.5 Å². The second-order valence-corrected chi connectivity index (χ2v) is 7.87. The predicted molar refractivity (Wildman–Crippen MR) is 102 cm³/mol. The van der Waals surface area contributed by atoms with E-state index in [1.807, 2.05) is 32.0 Å². The van der Waals surface area contributed by atoms with Crippen molar-refractivity contribution in [2.24, 2.45) is 0 Å². The third-order valence-corrected chi connectivity index (χ3v) is 5.17. The molecule has 0 fully saturated rings. The zero-order valence-electron chi connectivity index (χ0n) is 14.6. The van der Waals surface area contributed by atoms with Gasteiger partial charge in [0.05, 0.1) is 9.92 Å². The topological polar surface area (TPSA) is 84.5 Å². The molecule has 0 atom stereocenters. The Morgan fingerprint density at radius 1 is 1.19 bits per heavy atom. The largest absolute Gasteiger partial charge is 0.482 e. The number of hydrogen-bond acceptors (Lipinski definition) is 4. The maximum Gasteiger partial charge on any atom is 0.262 e. The van der Waals surface area contributed by atoms with E-state index in [0.717, 1.165) is 5.56 Å². The number of nitrogens with one attached hydrogen (secondary N) is 2. The van der Waals surface area contributed by atoms with Gasteiger partial charge in [-0.2, -0.15) is 0 Å². The Labute approximate surface area is 158 Å². The van der Waals surface area contributed by atoms with E-state index in [0.29, 0.717) is 18.7 Å². The fourth-order valence-electron chi connectivity index (χ4n) is 2.15. The molecule has 0 aromatic heterocycles. The Morgan fingerprint density at radius 3 is 2.62 bits per heavy atom. The summed E-state index contributed by atoms with van der Waals surface area (Å²) in [6.45, 7) is 3.90. The van der Waals surface area contributed by atoms with E-state index in [9.17, 15) is 13.2 Å². The van der Waals surface area contributed by atoms with E-state index in [4.69, 9.17) is 16.3 Å². The lowest BCUT2D eigenvalue weighted by atomic mass is 10.2. The molecule has 0 heterocycles. The monoisotopic (exact) mass is 396 g/mol. The van der Waals surface area contributed by atoms with Gasteiger partial charge in [-0.25, -0.2) is 13.1 Å². The third-order valence-electron chi connectivity index (χ3n) is 3.42. The van der Waals surface area contributed by atoms with Crippen molar-refractivity contribution in [2.75, 3.05) is 18.5 Å². The van der Waals surface area contributed by atoms with Crippen molar-refractivity contribution >= 4 is 33.2 Å². The lowest BCUT2D eigenvalue weighted by Gasteiger charge is -2.11. The molecule has 0 saturated heterocycles. The molecular weight excluding hydrogens is 376 g/mol. The first-order valence-corrected chi connectivity index (χ1v) is 9.96. The van der Waals surface area contributed by atoms with Crippen LogP contribution >= 0.6 is 11.6 Å². The molecule has 0 aliphatic carbocycles. The smallest absolute Gasteiger partial charge is 0.262 e. The SMILES string of the molecule is CCCNS(=O)(=O)c1ccc(OCC(=O)Nc2cccc(C)c2)c(Cl)c1. The number of ether oxygens (including phenoxy) is 1. The molecule has 2 aromatic carbocycles. The summed E-state index contributed by atoms with van der Waals surface area (Å²) in [7, 11) is -3.61. The molecule has 2 N–H and O–H groups in total. The molecule has 2 aromatic rings. The molecule has 140 valence electrons. The first-order chi connectivity index (χ1) is 12.3. The van der Waals surface area contributed by atoms with Crippen molar-refractivity contribution in [1.29, 1.82) is 0 Å². The number of sulfonamides is 1. The Morgan fingerprint density at radius 2 is 1.96 bits per heavy atom. The quantitative estimate of drug-likeness (QED) is 0.716. The van der Waals surface area contributed by atoms with Crippen LogP contribution in [0.1, 0.15) is 18.9 Å². The van der Waals surface area contributed by atoms with Crippen molar-refractivity contribution in [3.8, 4) is 5.75 Å². The third kappa shape index (κ3) is 5.72. The molecule has 0 aliphatic heterocycles. The van der Waals surface area contributed by atoms with Crippen molar-refractivity contribution < 1.29 is 17.9 Å². The van der Waals surface area contributed by atoms with E-state index in [1.165, 1.54) is 18.2 Å². The number of amides is 1. The van der Waals surface area contributed by atoms with Crippen LogP contribution in [0.25, 0.3) is 0 Å². The molecular formula is C18H21ClN2O4S. The molecule has 0 unspecified atom stereocenters. The molecule has 0 bridgehead atoms. The minimum Gasteiger partial charge on any atom is -0.482 e. The zero-order valence-corrected chi connectivity index (χ0v) is 16.2. The van der Waals surface area contributed by atoms with Gasteiger partial charge in [0.25, 0.3) is 5.91 Å². The first kappa shape index (κ1) is 20.2. The van der Waals surface area contributed by atoms with Gasteiger partial charge in [-0.3, -0.25) is 4.79 Å². The van der Waals surface area contributed by atoms with Gasteiger partial charge in [-0.05, 0) is 49.2 Å². The van der Waals surface area contributed by atoms with Crippen LogP contribution in [-0.2, 0) is 14.8 Å². The van der Waals surface area contributed by atoms with Gasteiger partial charge >= 0.3 is 0 Å². The number of anilines is 1. The highest BCUT2D eigenvalue weighted by Crippen LogP contribution is 2.27. The standard InChI is InChI=1S/C18H21ClN2O4S/c1-3-9-20-26(23,24)15-7-8-17(16(19)11-15)25-12-18(22)21-14-6-4-5-13(2)10-14/h4-8,10-11,20H,3,9,12H2,1-2H3,(H,21,22). The predicted octanol–water partition coefficient (Wildman–Crippen LogP) is 3.35. The van der Waals surface area contributed by atoms with Gasteiger partial charge < -0.3 is 10.1 Å². The Balaban J connectivity index is 1.98. The maximum atomic E-state index is 12.1. The summed E-state index contributed by atoms with van der Waals surface area (Å²) in [4.78, 5) is 12.0. The molecule has 0 radical (unpaired) electrons. The molecule has 0 aliphatic rings. The minimum absolute atomic E-state index is 0.0486. The zero-order chi connectivity index (χ0) is 19.2. The van der Waals surface area contributed by atoms with E-state index in [1.54, 1.807) is 6.07 Å². The fourth-order valence-corrected chi connectivity index (χ4v) is 3.61. The number of rotatable bonds is 8. The Kier molecular flexibility index (Phi) is 7.02. The fraction of sp³-hybridized carbons (Fsp3) is 0.278. The lowest BCUT2D eigenvalue weighted by molar-refractivity contribution is -0.118. The molecule has 0 saturated carbocycles. The van der Waals surface area contributed by atoms with E-state index >= 15 is 0 Å². The summed E-state index contributed by atoms with van der Waals surface area (Å²) in [6, 6.07) is 11.5. The molecule has 2 rings (SSSR count). The van der Waals surface area contributed by atoms with Crippen molar-refractivity contribution in [3.63, 3.8) is 0 Å². The van der Waals surface area contributed by atoms with Crippen LogP contribution in [0.5, 0.6) is 5.75 Å². The second kappa shape index (κ2) is 9.02. The highest BCUT2D eigenvalue weighted by Gasteiger charge is 2.16. The molecule has 26 heavy (non-hydrogen) atoms. The van der Waals surface area contributed by atoms with Crippen LogP contribution in [0.4, 0.5) is 5.69 Å². The van der Waals surface area contributed by atoms with Crippen LogP contribution < -0.4 is 14.8 Å². The lowest BCUT2D eigenvalue weighted by Crippen LogP contribution is -2.24. The summed E-state index contributed by atoms with van der Waals surface area (Å²) in [6.07, 6.45) is 0.685. The number of halogens is 1. The highest BCUT2D eigenvalue weighted by atomic mass is 35.5. The summed E-state index contributed by atoms with van der Waals surface area (Å²) < 4.78 is 32.0. The van der Waals surface area contributed by atoms with Crippen molar-refractivity contribution in [3.05, 3.63) is 53.1 Å². The van der Waals surface area contributed by atoms with Gasteiger partial charge in [0.15, 0.2) is 6.61 Å². The van der Waals surface area contributed by atoms with E-state index < -0.39 is 10.0 Å². The van der Waals surface area contributed by atoms with E-state index in [-0.39, 0.29) is 28.2 Å². The second-order valence-electron chi connectivity index (χ2n) is 5.70. The number of carbonyl (C=O) groups is 1. The minimum atomic E-state index is -3.61. The van der Waals surface area contributed by atoms with Crippen molar-refractivity contribution in [2.45, 2.75) is 25.2 Å². The highest BCUT2D eigenvalue weighted by molar-refractivity contribution is 7.89. The summed E-state index contributed by atoms with van der Waals surface area (Å²) in [5.41, 5.74) is 1.70. The normalized spacial score (nSPS) is 11.2. The van der Waals surface area contributed by atoms with Crippen LogP contribution in [0.3, 0.4) is 0 Å². The number of aryl methyl sites for hydroxylation is 1. The number of carbonyl (C=O) groups excluding carboxylic acids is 1.